The van der Waals surface area contributed by atoms with Gasteiger partial charge < -0.3 is 9.84 Å². The van der Waals surface area contributed by atoms with Gasteiger partial charge in [0.2, 0.25) is 0 Å². The Hall–Kier alpha value is -2.30. The molecule has 1 aromatic heterocycles. The number of hydrogen-bond donors (Lipinski definition) is 1. The summed E-state index contributed by atoms with van der Waals surface area (Å²) in [5.74, 6) is 0.433. The second kappa shape index (κ2) is 6.90. The Bertz CT molecular complexity index is 936. The summed E-state index contributed by atoms with van der Waals surface area (Å²) in [7, 11) is 0. The number of nitrogens with zero attached hydrogens (tertiary/aromatic N) is 1. The van der Waals surface area contributed by atoms with E-state index in [0.717, 1.165) is 33.3 Å². The van der Waals surface area contributed by atoms with E-state index in [9.17, 15) is 9.90 Å². The Morgan fingerprint density at radius 2 is 1.80 bits per heavy atom. The molecule has 0 unspecified atom stereocenters. The van der Waals surface area contributed by atoms with Gasteiger partial charge in [0.25, 0.3) is 5.91 Å². The van der Waals surface area contributed by atoms with E-state index in [1.54, 1.807) is 4.57 Å². The van der Waals surface area contributed by atoms with Crippen LogP contribution in [0.25, 0.3) is 10.9 Å². The molecule has 0 saturated carbocycles. The summed E-state index contributed by atoms with van der Waals surface area (Å²) < 4.78 is 7.30. The van der Waals surface area contributed by atoms with Crippen molar-refractivity contribution in [3.63, 3.8) is 0 Å². The molecule has 0 atom stereocenters. The van der Waals surface area contributed by atoms with Crippen molar-refractivity contribution in [1.29, 1.82) is 0 Å². The lowest BCUT2D eigenvalue weighted by Crippen LogP contribution is -2.20. The Morgan fingerprint density at radius 3 is 2.44 bits per heavy atom. The van der Waals surface area contributed by atoms with Gasteiger partial charge >= 0.3 is 0 Å². The first-order valence-corrected chi connectivity index (χ1v) is 8.44. The van der Waals surface area contributed by atoms with Crippen LogP contribution in [0.4, 0.5) is 0 Å². The number of aryl methyl sites for hydroxylation is 2. The monoisotopic (exact) mass is 357 g/mol. The molecule has 0 saturated heterocycles. The minimum Gasteiger partial charge on any atom is -0.484 e. The molecule has 0 amide bonds. The first kappa shape index (κ1) is 17.5. The van der Waals surface area contributed by atoms with Crippen molar-refractivity contribution in [2.45, 2.75) is 27.4 Å². The average Bonchev–Trinajstić information content (AvgIpc) is 2.88. The maximum absolute atomic E-state index is 12.7. The number of para-hydroxylation sites is 1. The molecular formula is C20H20ClNO3. The largest absolute Gasteiger partial charge is 0.484 e. The lowest BCUT2D eigenvalue weighted by atomic mass is 10.1. The Labute approximate surface area is 151 Å². The van der Waals surface area contributed by atoms with Crippen LogP contribution >= 0.6 is 11.6 Å². The van der Waals surface area contributed by atoms with Crippen molar-refractivity contribution in [2.24, 2.45) is 0 Å². The number of hydrogen-bond acceptors (Lipinski definition) is 3. The van der Waals surface area contributed by atoms with E-state index >= 15 is 0 Å². The minimum atomic E-state index is -0.182. The molecule has 130 valence electrons. The van der Waals surface area contributed by atoms with E-state index in [2.05, 4.69) is 0 Å². The highest BCUT2D eigenvalue weighted by Crippen LogP contribution is 2.27. The molecule has 3 aromatic rings. The number of benzene rings is 2. The minimum absolute atomic E-state index is 0.0924. The van der Waals surface area contributed by atoms with Crippen LogP contribution in [0.2, 0.25) is 5.02 Å². The third-order valence-corrected chi connectivity index (χ3v) is 5.02. The number of halogens is 1. The molecule has 2 aromatic carbocycles. The first-order valence-electron chi connectivity index (χ1n) is 8.06. The van der Waals surface area contributed by atoms with Crippen molar-refractivity contribution in [3.05, 3.63) is 63.8 Å². The molecule has 4 nitrogen and oxygen atoms in total. The van der Waals surface area contributed by atoms with Crippen LogP contribution < -0.4 is 4.74 Å². The molecule has 0 spiro atoms. The molecule has 0 aliphatic heterocycles. The van der Waals surface area contributed by atoms with Crippen molar-refractivity contribution >= 4 is 28.4 Å². The first-order chi connectivity index (χ1) is 11.9. The summed E-state index contributed by atoms with van der Waals surface area (Å²) in [5, 5.41) is 11.2. The lowest BCUT2D eigenvalue weighted by molar-refractivity contribution is 0.0840. The fourth-order valence-corrected chi connectivity index (χ4v) is 3.26. The number of carbonyl (C=O) groups excluding carboxylic acids is 1. The van der Waals surface area contributed by atoms with Gasteiger partial charge in [-0.2, -0.15) is 0 Å². The van der Waals surface area contributed by atoms with Crippen LogP contribution in [0.5, 0.6) is 5.75 Å². The third-order valence-electron chi connectivity index (χ3n) is 4.42. The van der Waals surface area contributed by atoms with E-state index in [1.165, 1.54) is 0 Å². The smallest absolute Gasteiger partial charge is 0.269 e. The summed E-state index contributed by atoms with van der Waals surface area (Å²) in [4.78, 5) is 12.7. The summed E-state index contributed by atoms with van der Waals surface area (Å²) in [6.45, 7) is 5.44. The molecule has 3 rings (SSSR count). The topological polar surface area (TPSA) is 51.5 Å². The number of aliphatic hydroxyl groups excluding tert-OH is 1. The Balaban J connectivity index is 1.90. The predicted octanol–water partition coefficient (Wildman–Crippen LogP) is 4.43. The standard InChI is InChI=1S/C20H20ClNO3/c1-12-8-15(9-13(2)20(12)21)25-11-19(24)22-14(3)17(10-23)16-6-4-5-7-18(16)22/h4-9,23H,10-11H2,1-3H3. The second-order valence-corrected chi connectivity index (χ2v) is 6.51. The Morgan fingerprint density at radius 1 is 1.16 bits per heavy atom. The van der Waals surface area contributed by atoms with Gasteiger partial charge in [-0.3, -0.25) is 9.36 Å². The summed E-state index contributed by atoms with van der Waals surface area (Å²) >= 11 is 6.16. The van der Waals surface area contributed by atoms with E-state index in [0.29, 0.717) is 10.8 Å². The third kappa shape index (κ3) is 3.15. The van der Waals surface area contributed by atoms with Gasteiger partial charge in [0.05, 0.1) is 12.1 Å². The van der Waals surface area contributed by atoms with Crippen LogP contribution in [0.1, 0.15) is 27.2 Å². The molecule has 25 heavy (non-hydrogen) atoms. The average molecular weight is 358 g/mol. The SMILES string of the molecule is Cc1cc(OCC(=O)n2c(C)c(CO)c3ccccc32)cc(C)c1Cl. The lowest BCUT2D eigenvalue weighted by Gasteiger charge is -2.11. The predicted molar refractivity (Wildman–Crippen MR) is 99.6 cm³/mol. The fraction of sp³-hybridized carbons (Fsp3) is 0.250. The zero-order valence-electron chi connectivity index (χ0n) is 14.5. The van der Waals surface area contributed by atoms with Crippen LogP contribution in [0.15, 0.2) is 36.4 Å². The van der Waals surface area contributed by atoms with Crippen LogP contribution in [0.3, 0.4) is 0 Å². The zero-order valence-corrected chi connectivity index (χ0v) is 15.2. The van der Waals surface area contributed by atoms with Crippen LogP contribution in [0, 0.1) is 20.8 Å². The summed E-state index contributed by atoms with van der Waals surface area (Å²) in [5.41, 5.74) is 4.10. The Kier molecular flexibility index (Phi) is 4.84. The highest BCUT2D eigenvalue weighted by Gasteiger charge is 2.18. The van der Waals surface area contributed by atoms with Crippen molar-refractivity contribution in [1.82, 2.24) is 4.57 Å². The zero-order chi connectivity index (χ0) is 18.1. The maximum Gasteiger partial charge on any atom is 0.269 e. The van der Waals surface area contributed by atoms with Crippen molar-refractivity contribution in [2.75, 3.05) is 6.61 Å². The van der Waals surface area contributed by atoms with Gasteiger partial charge in [0.1, 0.15) is 5.75 Å². The number of aromatic nitrogens is 1. The van der Waals surface area contributed by atoms with E-state index in [1.807, 2.05) is 57.2 Å². The number of rotatable bonds is 4. The molecule has 0 radical (unpaired) electrons. The van der Waals surface area contributed by atoms with Gasteiger partial charge in [-0.15, -0.1) is 0 Å². The van der Waals surface area contributed by atoms with Crippen LogP contribution in [-0.2, 0) is 6.61 Å². The molecule has 0 aliphatic rings. The van der Waals surface area contributed by atoms with Gasteiger partial charge in [0.15, 0.2) is 6.61 Å². The number of aliphatic hydroxyl groups is 1. The molecular weight excluding hydrogens is 338 g/mol. The molecule has 1 heterocycles. The van der Waals surface area contributed by atoms with Gasteiger partial charge in [-0.1, -0.05) is 29.8 Å². The fourth-order valence-electron chi connectivity index (χ4n) is 3.15. The van der Waals surface area contributed by atoms with Gasteiger partial charge in [-0.05, 0) is 50.1 Å². The molecule has 0 fully saturated rings. The second-order valence-electron chi connectivity index (χ2n) is 6.13. The van der Waals surface area contributed by atoms with E-state index in [-0.39, 0.29) is 19.1 Å². The van der Waals surface area contributed by atoms with Crippen LogP contribution in [-0.4, -0.2) is 22.2 Å². The summed E-state index contributed by atoms with van der Waals surface area (Å²) in [6.07, 6.45) is 0. The summed E-state index contributed by atoms with van der Waals surface area (Å²) in [6, 6.07) is 11.2. The molecule has 0 bridgehead atoms. The van der Waals surface area contributed by atoms with Gasteiger partial charge in [0, 0.05) is 21.7 Å². The van der Waals surface area contributed by atoms with E-state index < -0.39 is 0 Å². The van der Waals surface area contributed by atoms with Crippen molar-refractivity contribution in [3.8, 4) is 5.75 Å². The number of ether oxygens (including phenoxy) is 1. The maximum atomic E-state index is 12.7. The normalized spacial score (nSPS) is 11.1. The van der Waals surface area contributed by atoms with Gasteiger partial charge in [-0.25, -0.2) is 0 Å². The van der Waals surface area contributed by atoms with E-state index in [4.69, 9.17) is 16.3 Å². The molecule has 5 heteroatoms. The highest BCUT2D eigenvalue weighted by atomic mass is 35.5. The highest BCUT2D eigenvalue weighted by molar-refractivity contribution is 6.32. The number of carbonyl (C=O) groups is 1. The molecule has 0 aliphatic carbocycles. The molecule has 1 N–H and O–H groups in total. The quantitative estimate of drug-likeness (QED) is 0.751. The number of fused-ring (bicyclic) bond motifs is 1. The van der Waals surface area contributed by atoms with Crippen molar-refractivity contribution < 1.29 is 14.6 Å².